The van der Waals surface area contributed by atoms with E-state index in [0.717, 1.165) is 11.3 Å². The van der Waals surface area contributed by atoms with Crippen molar-refractivity contribution in [1.82, 2.24) is 24.1 Å². The highest BCUT2D eigenvalue weighted by molar-refractivity contribution is 9.10. The average Bonchev–Trinajstić information content (AvgIpc) is 3.35. The molecular weight excluding hydrogens is 472 g/mol. The lowest BCUT2D eigenvalue weighted by Crippen LogP contribution is -2.30. The Kier molecular flexibility index (Phi) is 4.33. The van der Waals surface area contributed by atoms with Gasteiger partial charge in [0, 0.05) is 24.3 Å². The van der Waals surface area contributed by atoms with E-state index < -0.39 is 0 Å². The quantitative estimate of drug-likeness (QED) is 0.437. The number of hydrogen-bond acceptors (Lipinski definition) is 5. The average molecular weight is 488 g/mol. The fraction of sp³-hybridized carbons (Fsp3) is 0.200. The molecule has 0 radical (unpaired) electrons. The molecule has 5 rings (SSSR count). The number of amides is 1. The van der Waals surface area contributed by atoms with Gasteiger partial charge in [0.2, 0.25) is 5.65 Å². The Morgan fingerprint density at radius 2 is 1.93 bits per heavy atom. The number of fused-ring (bicyclic) bond motifs is 2. The van der Waals surface area contributed by atoms with Crippen molar-refractivity contribution in [3.63, 3.8) is 0 Å². The first kappa shape index (κ1) is 19.1. The molecule has 0 spiro atoms. The number of nitrogens with zero attached hydrogens (tertiary/aromatic N) is 6. The summed E-state index contributed by atoms with van der Waals surface area (Å²) in [5.74, 6) is 1.03. The van der Waals surface area contributed by atoms with Crippen LogP contribution in [0, 0.1) is 6.92 Å². The predicted octanol–water partition coefficient (Wildman–Crippen LogP) is 3.95. The standard InChI is InChI=1S/C20H16BrClN6O2/c1-10-24-25-18-14(30-3)8-13(9-27(10)18)28-16(11-4-6-12(22)7-5-11)17-15(19(28)29)23-20(21)26(17)2/h4-9,16H,1-3H3. The molecule has 10 heteroatoms. The number of aryl methyl sites for hydroxylation is 1. The molecule has 4 aromatic rings. The van der Waals surface area contributed by atoms with Crippen LogP contribution in [0.5, 0.6) is 5.75 Å². The highest BCUT2D eigenvalue weighted by Crippen LogP contribution is 2.43. The van der Waals surface area contributed by atoms with Crippen LogP contribution in [0.25, 0.3) is 5.65 Å². The van der Waals surface area contributed by atoms with Crippen LogP contribution >= 0.6 is 27.5 Å². The summed E-state index contributed by atoms with van der Waals surface area (Å²) in [6.07, 6.45) is 1.84. The highest BCUT2D eigenvalue weighted by atomic mass is 79.9. The Bertz CT molecular complexity index is 1310. The first-order valence-electron chi connectivity index (χ1n) is 9.11. The van der Waals surface area contributed by atoms with E-state index in [0.29, 0.717) is 38.4 Å². The number of imidazole rings is 1. The summed E-state index contributed by atoms with van der Waals surface area (Å²) in [5.41, 5.74) is 3.37. The molecule has 0 fully saturated rings. The molecule has 4 heterocycles. The topological polar surface area (TPSA) is 77.5 Å². The van der Waals surface area contributed by atoms with Crippen molar-refractivity contribution < 1.29 is 9.53 Å². The van der Waals surface area contributed by atoms with Gasteiger partial charge in [0.1, 0.15) is 11.9 Å². The number of ether oxygens (including phenoxy) is 1. The lowest BCUT2D eigenvalue weighted by atomic mass is 10.0. The third-order valence-corrected chi connectivity index (χ3v) is 6.30. The first-order valence-corrected chi connectivity index (χ1v) is 10.3. The van der Waals surface area contributed by atoms with Gasteiger partial charge in [0.25, 0.3) is 5.91 Å². The monoisotopic (exact) mass is 486 g/mol. The summed E-state index contributed by atoms with van der Waals surface area (Å²) >= 11 is 9.54. The second kappa shape index (κ2) is 6.82. The molecule has 0 N–H and O–H groups in total. The predicted molar refractivity (Wildman–Crippen MR) is 115 cm³/mol. The second-order valence-corrected chi connectivity index (χ2v) is 8.16. The molecule has 1 aliphatic rings. The summed E-state index contributed by atoms with van der Waals surface area (Å²) in [4.78, 5) is 19.7. The molecule has 1 aromatic carbocycles. The molecule has 1 atom stereocenters. The second-order valence-electron chi connectivity index (χ2n) is 7.01. The van der Waals surface area contributed by atoms with Gasteiger partial charge in [-0.25, -0.2) is 4.98 Å². The third-order valence-electron chi connectivity index (χ3n) is 5.33. The van der Waals surface area contributed by atoms with Gasteiger partial charge < -0.3 is 9.30 Å². The van der Waals surface area contributed by atoms with Crippen LogP contribution in [0.15, 0.2) is 41.3 Å². The fourth-order valence-corrected chi connectivity index (χ4v) is 4.36. The maximum Gasteiger partial charge on any atom is 0.279 e. The van der Waals surface area contributed by atoms with E-state index in [-0.39, 0.29) is 11.9 Å². The van der Waals surface area contributed by atoms with Crippen LogP contribution in [0.1, 0.15) is 33.6 Å². The zero-order chi connectivity index (χ0) is 21.2. The van der Waals surface area contributed by atoms with Crippen molar-refractivity contribution in [2.24, 2.45) is 7.05 Å². The summed E-state index contributed by atoms with van der Waals surface area (Å²) in [6.45, 7) is 1.85. The van der Waals surface area contributed by atoms with Crippen LogP contribution in [-0.4, -0.2) is 37.2 Å². The van der Waals surface area contributed by atoms with E-state index >= 15 is 0 Å². The summed E-state index contributed by atoms with van der Waals surface area (Å²) in [6, 6.07) is 8.89. The number of rotatable bonds is 3. The number of halogens is 2. The van der Waals surface area contributed by atoms with E-state index in [1.807, 2.05) is 53.4 Å². The minimum absolute atomic E-state index is 0.196. The van der Waals surface area contributed by atoms with E-state index in [1.54, 1.807) is 18.1 Å². The molecule has 0 saturated carbocycles. The van der Waals surface area contributed by atoms with E-state index in [2.05, 4.69) is 31.1 Å². The van der Waals surface area contributed by atoms with Crippen LogP contribution in [0.3, 0.4) is 0 Å². The van der Waals surface area contributed by atoms with Crippen LogP contribution < -0.4 is 9.64 Å². The number of carbonyl (C=O) groups is 1. The van der Waals surface area contributed by atoms with Crippen LogP contribution in [0.2, 0.25) is 5.02 Å². The van der Waals surface area contributed by atoms with Gasteiger partial charge in [-0.3, -0.25) is 14.1 Å². The Hall–Kier alpha value is -2.91. The zero-order valence-electron chi connectivity index (χ0n) is 16.3. The number of methoxy groups -OCH3 is 1. The zero-order valence-corrected chi connectivity index (χ0v) is 18.6. The number of aromatic nitrogens is 5. The third kappa shape index (κ3) is 2.65. The van der Waals surface area contributed by atoms with Crippen molar-refractivity contribution in [2.75, 3.05) is 12.0 Å². The minimum Gasteiger partial charge on any atom is -0.493 e. The first-order chi connectivity index (χ1) is 14.4. The van der Waals surface area contributed by atoms with Gasteiger partial charge in [-0.2, -0.15) is 0 Å². The molecule has 30 heavy (non-hydrogen) atoms. The van der Waals surface area contributed by atoms with E-state index in [4.69, 9.17) is 16.3 Å². The maximum atomic E-state index is 13.5. The molecule has 8 nitrogen and oxygen atoms in total. The SMILES string of the molecule is COc1cc(N2C(=O)c3nc(Br)n(C)c3C2c2ccc(Cl)cc2)cn2c(C)nnc12. The minimum atomic E-state index is -0.382. The van der Waals surface area contributed by atoms with Gasteiger partial charge in [-0.15, -0.1) is 10.2 Å². The number of pyridine rings is 1. The Labute approximate surface area is 185 Å². The largest absolute Gasteiger partial charge is 0.493 e. The number of hydrogen-bond donors (Lipinski definition) is 0. The number of benzene rings is 1. The van der Waals surface area contributed by atoms with Crippen molar-refractivity contribution in [1.29, 1.82) is 0 Å². The van der Waals surface area contributed by atoms with Crippen molar-refractivity contribution in [3.05, 3.63) is 69.1 Å². The molecule has 0 saturated heterocycles. The Morgan fingerprint density at radius 3 is 2.63 bits per heavy atom. The Balaban J connectivity index is 1.76. The Morgan fingerprint density at radius 1 is 1.20 bits per heavy atom. The van der Waals surface area contributed by atoms with Crippen molar-refractivity contribution in [3.8, 4) is 5.75 Å². The summed E-state index contributed by atoms with van der Waals surface area (Å²) in [7, 11) is 3.45. The molecule has 3 aromatic heterocycles. The maximum absolute atomic E-state index is 13.5. The smallest absolute Gasteiger partial charge is 0.279 e. The molecule has 1 amide bonds. The van der Waals surface area contributed by atoms with Crippen molar-refractivity contribution >= 4 is 44.8 Å². The summed E-state index contributed by atoms with van der Waals surface area (Å²) < 4.78 is 9.82. The van der Waals surface area contributed by atoms with Gasteiger partial charge >= 0.3 is 0 Å². The molecule has 152 valence electrons. The van der Waals surface area contributed by atoms with Gasteiger partial charge in [0.15, 0.2) is 16.2 Å². The van der Waals surface area contributed by atoms with E-state index in [1.165, 1.54) is 0 Å². The molecular formula is C20H16BrClN6O2. The molecule has 1 aliphatic heterocycles. The molecule has 0 aliphatic carbocycles. The molecule has 1 unspecified atom stereocenters. The van der Waals surface area contributed by atoms with Crippen molar-refractivity contribution in [2.45, 2.75) is 13.0 Å². The normalized spacial score (nSPS) is 15.8. The van der Waals surface area contributed by atoms with Gasteiger partial charge in [-0.05, 0) is 40.5 Å². The number of anilines is 1. The molecule has 0 bridgehead atoms. The van der Waals surface area contributed by atoms with Crippen LogP contribution in [0.4, 0.5) is 5.69 Å². The highest BCUT2D eigenvalue weighted by Gasteiger charge is 2.43. The number of carbonyl (C=O) groups excluding carboxylic acids is 1. The van der Waals surface area contributed by atoms with Crippen LogP contribution in [-0.2, 0) is 7.05 Å². The van der Waals surface area contributed by atoms with Gasteiger partial charge in [0.05, 0.1) is 18.5 Å². The summed E-state index contributed by atoms with van der Waals surface area (Å²) in [5, 5.41) is 8.92. The lowest BCUT2D eigenvalue weighted by molar-refractivity contribution is 0.0989. The van der Waals surface area contributed by atoms with Gasteiger partial charge in [-0.1, -0.05) is 23.7 Å². The fourth-order valence-electron chi connectivity index (χ4n) is 3.87. The van der Waals surface area contributed by atoms with E-state index in [9.17, 15) is 4.79 Å². The lowest BCUT2D eigenvalue weighted by Gasteiger charge is -2.27.